The zero-order valence-corrected chi connectivity index (χ0v) is 7.82. The van der Waals surface area contributed by atoms with Gasteiger partial charge in [0, 0.05) is 5.54 Å². The molecule has 0 aromatic rings. The fourth-order valence-electron chi connectivity index (χ4n) is 1.000. The van der Waals surface area contributed by atoms with Crippen LogP contribution in [0.4, 0.5) is 0 Å². The van der Waals surface area contributed by atoms with Crippen LogP contribution >= 0.6 is 11.6 Å². The topological polar surface area (TPSA) is 26.0 Å². The van der Waals surface area contributed by atoms with Crippen LogP contribution in [-0.4, -0.2) is 6.54 Å². The summed E-state index contributed by atoms with van der Waals surface area (Å²) < 4.78 is 0. The van der Waals surface area contributed by atoms with Crippen molar-refractivity contribution in [1.82, 2.24) is 0 Å². The highest BCUT2D eigenvalue weighted by Gasteiger charge is 1.87. The lowest BCUT2D eigenvalue weighted by molar-refractivity contribution is 0.623. The monoisotopic (exact) mass is 175 g/mol. The molecule has 0 rings (SSSR count). The second kappa shape index (κ2) is 9.99. The first-order valence-electron chi connectivity index (χ1n) is 4.37. The lowest BCUT2D eigenvalue weighted by Gasteiger charge is -1.96. The van der Waals surface area contributed by atoms with Crippen molar-refractivity contribution in [2.45, 2.75) is 38.5 Å². The highest BCUT2D eigenvalue weighted by molar-refractivity contribution is 6.25. The summed E-state index contributed by atoms with van der Waals surface area (Å²) in [5.41, 5.74) is 6.96. The molecule has 1 nitrogen and oxygen atoms in total. The van der Waals surface area contributed by atoms with Crippen LogP contribution in [0, 0.1) is 0 Å². The van der Waals surface area contributed by atoms with Gasteiger partial charge in [-0.3, -0.25) is 0 Å². The third kappa shape index (κ3) is 9.99. The van der Waals surface area contributed by atoms with Crippen molar-refractivity contribution < 1.29 is 0 Å². The highest BCUT2D eigenvalue weighted by Crippen LogP contribution is 2.05. The smallest absolute Gasteiger partial charge is 0.000245 e. The minimum Gasteiger partial charge on any atom is -0.330 e. The molecule has 0 bridgehead atoms. The van der Waals surface area contributed by atoms with Crippen LogP contribution in [0.1, 0.15) is 38.5 Å². The lowest BCUT2D eigenvalue weighted by atomic mass is 10.1. The van der Waals surface area contributed by atoms with Gasteiger partial charge in [-0.25, -0.2) is 0 Å². The van der Waals surface area contributed by atoms with E-state index in [-0.39, 0.29) is 0 Å². The summed E-state index contributed by atoms with van der Waals surface area (Å²) in [5, 5.41) is 0. The molecule has 0 saturated carbocycles. The summed E-state index contributed by atoms with van der Waals surface area (Å²) >= 11 is 5.37. The number of hydrogen-bond donors (Lipinski definition) is 1. The molecule has 0 saturated heterocycles. The molecule has 0 aromatic heterocycles. The van der Waals surface area contributed by atoms with E-state index >= 15 is 0 Å². The first-order chi connectivity index (χ1) is 5.41. The minimum atomic E-state index is 0.835. The van der Waals surface area contributed by atoms with E-state index in [1.807, 2.05) is 6.08 Å². The molecule has 0 amide bonds. The first kappa shape index (κ1) is 11.0. The molecule has 0 aliphatic heterocycles. The van der Waals surface area contributed by atoms with Crippen molar-refractivity contribution in [2.24, 2.45) is 5.73 Å². The van der Waals surface area contributed by atoms with E-state index in [9.17, 15) is 0 Å². The predicted molar refractivity (Wildman–Crippen MR) is 51.7 cm³/mol. The third-order valence-electron chi connectivity index (χ3n) is 1.66. The van der Waals surface area contributed by atoms with Crippen molar-refractivity contribution in [1.29, 1.82) is 0 Å². The number of allylic oxidation sites excluding steroid dienone is 1. The van der Waals surface area contributed by atoms with Gasteiger partial charge in [0.1, 0.15) is 0 Å². The van der Waals surface area contributed by atoms with Crippen LogP contribution in [0.3, 0.4) is 0 Å². The molecular weight excluding hydrogens is 158 g/mol. The molecule has 0 atom stereocenters. The quantitative estimate of drug-likeness (QED) is 0.592. The Labute approximate surface area is 74.6 Å². The molecule has 0 aliphatic rings. The zero-order chi connectivity index (χ0) is 8.36. The number of unbranched alkanes of at least 4 members (excludes halogenated alkanes) is 5. The number of nitrogens with two attached hydrogens (primary N) is 1. The molecular formula is C9H18ClN. The first-order valence-corrected chi connectivity index (χ1v) is 4.80. The van der Waals surface area contributed by atoms with Gasteiger partial charge in [0.25, 0.3) is 0 Å². The summed E-state index contributed by atoms with van der Waals surface area (Å²) in [6.45, 7) is 0.835. The molecule has 0 spiro atoms. The van der Waals surface area contributed by atoms with Crippen molar-refractivity contribution >= 4 is 11.6 Å². The molecule has 2 heteroatoms. The normalized spacial score (nSPS) is 11.1. The Bertz CT molecular complexity index is 91.6. The fraction of sp³-hybridized carbons (Fsp3) is 0.778. The standard InChI is InChI=1S/C9H18ClN/c10-8-6-4-2-1-3-5-7-9-11/h6,8H,1-5,7,9,11H2. The Hall–Kier alpha value is -0.0100. The highest BCUT2D eigenvalue weighted by atomic mass is 35.5. The summed E-state index contributed by atoms with van der Waals surface area (Å²) in [6, 6.07) is 0. The van der Waals surface area contributed by atoms with Crippen LogP contribution in [0.25, 0.3) is 0 Å². The van der Waals surface area contributed by atoms with Crippen LogP contribution in [0.15, 0.2) is 11.6 Å². The Morgan fingerprint density at radius 1 is 1.00 bits per heavy atom. The van der Waals surface area contributed by atoms with Gasteiger partial charge in [-0.2, -0.15) is 0 Å². The van der Waals surface area contributed by atoms with Crippen LogP contribution < -0.4 is 5.73 Å². The maximum Gasteiger partial charge on any atom is 0.000245 e. The van der Waals surface area contributed by atoms with Gasteiger partial charge in [0.05, 0.1) is 0 Å². The molecule has 11 heavy (non-hydrogen) atoms. The molecule has 0 aromatic carbocycles. The average Bonchev–Trinajstić information content (AvgIpc) is 2.03. The fourth-order valence-corrected chi connectivity index (χ4v) is 1.13. The maximum absolute atomic E-state index is 5.37. The van der Waals surface area contributed by atoms with Crippen molar-refractivity contribution in [3.63, 3.8) is 0 Å². The predicted octanol–water partition coefficient (Wildman–Crippen LogP) is 3.04. The van der Waals surface area contributed by atoms with Gasteiger partial charge in [0.15, 0.2) is 0 Å². The second-order valence-electron chi connectivity index (χ2n) is 2.71. The van der Waals surface area contributed by atoms with Gasteiger partial charge in [-0.15, -0.1) is 0 Å². The molecule has 0 unspecified atom stereocenters. The van der Waals surface area contributed by atoms with E-state index in [0.717, 1.165) is 13.0 Å². The van der Waals surface area contributed by atoms with Gasteiger partial charge in [-0.05, 0) is 25.8 Å². The maximum atomic E-state index is 5.37. The number of rotatable bonds is 7. The molecule has 2 N–H and O–H groups in total. The van der Waals surface area contributed by atoms with Gasteiger partial charge >= 0.3 is 0 Å². The lowest BCUT2D eigenvalue weighted by Crippen LogP contribution is -1.97. The van der Waals surface area contributed by atoms with E-state index in [1.165, 1.54) is 32.1 Å². The third-order valence-corrected chi connectivity index (χ3v) is 1.84. The SMILES string of the molecule is NCCCCCCCC=CCl. The summed E-state index contributed by atoms with van der Waals surface area (Å²) in [5.74, 6) is 0. The van der Waals surface area contributed by atoms with E-state index in [0.29, 0.717) is 0 Å². The van der Waals surface area contributed by atoms with E-state index < -0.39 is 0 Å². The average molecular weight is 176 g/mol. The molecule has 0 fully saturated rings. The largest absolute Gasteiger partial charge is 0.330 e. The summed E-state index contributed by atoms with van der Waals surface area (Å²) in [7, 11) is 0. The van der Waals surface area contributed by atoms with E-state index in [2.05, 4.69) is 0 Å². The minimum absolute atomic E-state index is 0.835. The van der Waals surface area contributed by atoms with Crippen LogP contribution in [-0.2, 0) is 0 Å². The van der Waals surface area contributed by atoms with Crippen LogP contribution in [0.2, 0.25) is 0 Å². The Morgan fingerprint density at radius 3 is 2.27 bits per heavy atom. The molecule has 0 heterocycles. The van der Waals surface area contributed by atoms with Crippen molar-refractivity contribution in [2.75, 3.05) is 6.54 Å². The van der Waals surface area contributed by atoms with Gasteiger partial charge < -0.3 is 5.73 Å². The summed E-state index contributed by atoms with van der Waals surface area (Å²) in [6.07, 6.45) is 9.45. The van der Waals surface area contributed by atoms with E-state index in [4.69, 9.17) is 17.3 Å². The number of hydrogen-bond acceptors (Lipinski definition) is 1. The molecule has 0 aliphatic carbocycles. The van der Waals surface area contributed by atoms with Gasteiger partial charge in [0.2, 0.25) is 0 Å². The number of halogens is 1. The molecule has 66 valence electrons. The second-order valence-corrected chi connectivity index (χ2v) is 2.96. The van der Waals surface area contributed by atoms with Crippen molar-refractivity contribution in [3.8, 4) is 0 Å². The van der Waals surface area contributed by atoms with Crippen molar-refractivity contribution in [3.05, 3.63) is 11.6 Å². The Morgan fingerprint density at radius 2 is 1.64 bits per heavy atom. The summed E-state index contributed by atoms with van der Waals surface area (Å²) in [4.78, 5) is 0. The van der Waals surface area contributed by atoms with Crippen LogP contribution in [0.5, 0.6) is 0 Å². The zero-order valence-electron chi connectivity index (χ0n) is 7.06. The van der Waals surface area contributed by atoms with Gasteiger partial charge in [-0.1, -0.05) is 36.9 Å². The molecule has 0 radical (unpaired) electrons. The Kier molecular flexibility index (Phi) is 9.98. The Balaban J connectivity index is 2.79. The van der Waals surface area contributed by atoms with E-state index in [1.54, 1.807) is 5.54 Å².